The van der Waals surface area contributed by atoms with Gasteiger partial charge in [0.05, 0.1) is 6.20 Å². The minimum absolute atomic E-state index is 0.227. The second-order valence-electron chi connectivity index (χ2n) is 5.97. The van der Waals surface area contributed by atoms with E-state index in [1.807, 2.05) is 55.7 Å². The van der Waals surface area contributed by atoms with E-state index in [-0.39, 0.29) is 6.03 Å². The summed E-state index contributed by atoms with van der Waals surface area (Å²) in [5.74, 6) is 0. The van der Waals surface area contributed by atoms with Crippen LogP contribution in [0.2, 0.25) is 0 Å². The summed E-state index contributed by atoms with van der Waals surface area (Å²) >= 11 is 0. The number of carbonyl (C=O) groups is 1. The highest BCUT2D eigenvalue weighted by Crippen LogP contribution is 2.27. The van der Waals surface area contributed by atoms with Gasteiger partial charge in [0.1, 0.15) is 0 Å². The first kappa shape index (κ1) is 16.7. The molecule has 2 N–H and O–H groups in total. The standard InChI is InChI=1S/C20H18N6O/c1-2-22-20(27)25-17-5-3-4-15(10-17)18-12-24-26-13-16(11-23-19(18)26)14-6-8-21-9-7-14/h3-13H,2H2,1H3,(H2,22,25,27). The van der Waals surface area contributed by atoms with Crippen LogP contribution in [0.15, 0.2) is 67.4 Å². The summed E-state index contributed by atoms with van der Waals surface area (Å²) in [6.07, 6.45) is 9.05. The summed E-state index contributed by atoms with van der Waals surface area (Å²) in [6.45, 7) is 2.45. The minimum Gasteiger partial charge on any atom is -0.338 e. The maximum atomic E-state index is 11.7. The molecule has 7 nitrogen and oxygen atoms in total. The van der Waals surface area contributed by atoms with Crippen molar-refractivity contribution in [2.45, 2.75) is 6.92 Å². The van der Waals surface area contributed by atoms with Crippen LogP contribution in [-0.2, 0) is 0 Å². The van der Waals surface area contributed by atoms with Crippen LogP contribution in [0.4, 0.5) is 10.5 Å². The van der Waals surface area contributed by atoms with Crippen molar-refractivity contribution in [2.24, 2.45) is 0 Å². The number of fused-ring (bicyclic) bond motifs is 1. The third-order valence-corrected chi connectivity index (χ3v) is 4.14. The van der Waals surface area contributed by atoms with Crippen molar-refractivity contribution < 1.29 is 4.79 Å². The van der Waals surface area contributed by atoms with Gasteiger partial charge in [0, 0.05) is 48.1 Å². The molecular weight excluding hydrogens is 340 g/mol. The quantitative estimate of drug-likeness (QED) is 0.584. The van der Waals surface area contributed by atoms with Gasteiger partial charge < -0.3 is 10.6 Å². The van der Waals surface area contributed by atoms with Crippen LogP contribution in [0.5, 0.6) is 0 Å². The van der Waals surface area contributed by atoms with Gasteiger partial charge >= 0.3 is 6.03 Å². The molecule has 1 aromatic carbocycles. The average molecular weight is 358 g/mol. The third-order valence-electron chi connectivity index (χ3n) is 4.14. The van der Waals surface area contributed by atoms with Crippen LogP contribution >= 0.6 is 0 Å². The van der Waals surface area contributed by atoms with E-state index in [1.165, 1.54) is 0 Å². The molecule has 2 amide bonds. The van der Waals surface area contributed by atoms with Crippen LogP contribution in [0.25, 0.3) is 27.9 Å². The van der Waals surface area contributed by atoms with Crippen LogP contribution in [0.3, 0.4) is 0 Å². The Morgan fingerprint density at radius 1 is 1.07 bits per heavy atom. The number of urea groups is 1. The van der Waals surface area contributed by atoms with Gasteiger partial charge in [-0.2, -0.15) is 5.10 Å². The summed E-state index contributed by atoms with van der Waals surface area (Å²) < 4.78 is 1.76. The first-order chi connectivity index (χ1) is 13.2. The van der Waals surface area contributed by atoms with Crippen molar-refractivity contribution in [3.8, 4) is 22.3 Å². The molecule has 0 fully saturated rings. The molecule has 3 aromatic heterocycles. The Labute approximate surface area is 156 Å². The largest absolute Gasteiger partial charge is 0.338 e. The van der Waals surface area contributed by atoms with E-state index in [1.54, 1.807) is 23.1 Å². The number of pyridine rings is 1. The van der Waals surface area contributed by atoms with Crippen LogP contribution in [0.1, 0.15) is 6.92 Å². The van der Waals surface area contributed by atoms with Crippen molar-refractivity contribution in [2.75, 3.05) is 11.9 Å². The predicted molar refractivity (Wildman–Crippen MR) is 104 cm³/mol. The van der Waals surface area contributed by atoms with Gasteiger partial charge in [-0.15, -0.1) is 0 Å². The molecular formula is C20H18N6O. The average Bonchev–Trinajstić information content (AvgIpc) is 3.12. The molecule has 0 spiro atoms. The number of nitrogens with one attached hydrogen (secondary N) is 2. The topological polar surface area (TPSA) is 84.2 Å². The number of hydrogen-bond donors (Lipinski definition) is 2. The molecule has 0 atom stereocenters. The molecule has 4 aromatic rings. The van der Waals surface area contributed by atoms with E-state index in [0.29, 0.717) is 12.2 Å². The van der Waals surface area contributed by atoms with Crippen molar-refractivity contribution in [3.05, 3.63) is 67.4 Å². The first-order valence-corrected chi connectivity index (χ1v) is 8.63. The monoisotopic (exact) mass is 358 g/mol. The summed E-state index contributed by atoms with van der Waals surface area (Å²) in [5, 5.41) is 9.98. The number of nitrogens with zero attached hydrogens (tertiary/aromatic N) is 4. The first-order valence-electron chi connectivity index (χ1n) is 8.63. The van der Waals surface area contributed by atoms with E-state index in [2.05, 4.69) is 25.7 Å². The number of carbonyl (C=O) groups excluding carboxylic acids is 1. The Balaban J connectivity index is 1.67. The Morgan fingerprint density at radius 2 is 1.93 bits per heavy atom. The zero-order valence-corrected chi connectivity index (χ0v) is 14.8. The predicted octanol–water partition coefficient (Wildman–Crippen LogP) is 3.60. The molecule has 0 radical (unpaired) electrons. The van der Waals surface area contributed by atoms with E-state index in [4.69, 9.17) is 0 Å². The van der Waals surface area contributed by atoms with Crippen molar-refractivity contribution >= 4 is 17.4 Å². The van der Waals surface area contributed by atoms with Crippen molar-refractivity contribution in [1.82, 2.24) is 24.9 Å². The molecule has 27 heavy (non-hydrogen) atoms. The normalized spacial score (nSPS) is 10.7. The van der Waals surface area contributed by atoms with Crippen LogP contribution in [0, 0.1) is 0 Å². The summed E-state index contributed by atoms with van der Waals surface area (Å²) in [7, 11) is 0. The molecule has 0 unspecified atom stereocenters. The summed E-state index contributed by atoms with van der Waals surface area (Å²) in [6, 6.07) is 11.3. The molecule has 0 saturated heterocycles. The molecule has 0 bridgehead atoms. The van der Waals surface area contributed by atoms with Gasteiger partial charge in [0.15, 0.2) is 5.65 Å². The van der Waals surface area contributed by atoms with Crippen molar-refractivity contribution in [1.29, 1.82) is 0 Å². The number of benzene rings is 1. The fourth-order valence-electron chi connectivity index (χ4n) is 2.87. The van der Waals surface area contributed by atoms with E-state index >= 15 is 0 Å². The highest BCUT2D eigenvalue weighted by molar-refractivity contribution is 5.90. The van der Waals surface area contributed by atoms with E-state index < -0.39 is 0 Å². The highest BCUT2D eigenvalue weighted by Gasteiger charge is 2.10. The Morgan fingerprint density at radius 3 is 2.74 bits per heavy atom. The van der Waals surface area contributed by atoms with Gasteiger partial charge in [-0.25, -0.2) is 14.3 Å². The number of rotatable bonds is 4. The second-order valence-corrected chi connectivity index (χ2v) is 5.97. The lowest BCUT2D eigenvalue weighted by Gasteiger charge is -2.07. The Bertz CT molecular complexity index is 1090. The lowest BCUT2D eigenvalue weighted by atomic mass is 10.1. The molecule has 3 heterocycles. The lowest BCUT2D eigenvalue weighted by Crippen LogP contribution is -2.28. The molecule has 0 saturated carbocycles. The highest BCUT2D eigenvalue weighted by atomic mass is 16.2. The van der Waals surface area contributed by atoms with E-state index in [9.17, 15) is 4.79 Å². The number of anilines is 1. The fraction of sp³-hybridized carbons (Fsp3) is 0.100. The van der Waals surface area contributed by atoms with Crippen molar-refractivity contribution in [3.63, 3.8) is 0 Å². The SMILES string of the molecule is CCNC(=O)Nc1cccc(-c2cnn3cc(-c4ccncc4)cnc23)c1. The molecule has 134 valence electrons. The van der Waals surface area contributed by atoms with E-state index in [0.717, 1.165) is 27.9 Å². The van der Waals surface area contributed by atoms with Gasteiger partial charge in [-0.05, 0) is 42.3 Å². The lowest BCUT2D eigenvalue weighted by molar-refractivity contribution is 0.252. The molecule has 0 aliphatic heterocycles. The van der Waals surface area contributed by atoms with Gasteiger partial charge in [0.2, 0.25) is 0 Å². The summed E-state index contributed by atoms with van der Waals surface area (Å²) in [5.41, 5.74) is 5.30. The van der Waals surface area contributed by atoms with Gasteiger partial charge in [-0.3, -0.25) is 4.98 Å². The maximum Gasteiger partial charge on any atom is 0.319 e. The maximum absolute atomic E-state index is 11.7. The minimum atomic E-state index is -0.227. The Hall–Kier alpha value is -3.74. The van der Waals surface area contributed by atoms with Gasteiger partial charge in [-0.1, -0.05) is 12.1 Å². The van der Waals surface area contributed by atoms with Crippen LogP contribution in [-0.4, -0.2) is 32.2 Å². The third kappa shape index (κ3) is 3.48. The summed E-state index contributed by atoms with van der Waals surface area (Å²) in [4.78, 5) is 20.4. The number of amides is 2. The van der Waals surface area contributed by atoms with Gasteiger partial charge in [0.25, 0.3) is 0 Å². The molecule has 0 aliphatic rings. The molecule has 4 rings (SSSR count). The Kier molecular flexibility index (Phi) is 4.49. The number of hydrogen-bond acceptors (Lipinski definition) is 4. The second kappa shape index (κ2) is 7.25. The fourth-order valence-corrected chi connectivity index (χ4v) is 2.87. The molecule has 0 aliphatic carbocycles. The molecule has 7 heteroatoms. The van der Waals surface area contributed by atoms with Crippen LogP contribution < -0.4 is 10.6 Å². The zero-order valence-electron chi connectivity index (χ0n) is 14.8. The smallest absolute Gasteiger partial charge is 0.319 e. The number of aromatic nitrogens is 4. The zero-order chi connectivity index (χ0) is 18.6.